The lowest BCUT2D eigenvalue weighted by Gasteiger charge is -2.28. The Balaban J connectivity index is 1.33. The molecule has 4 rings (SSSR count). The van der Waals surface area contributed by atoms with Crippen LogP contribution in [-0.2, 0) is 16.0 Å². The predicted molar refractivity (Wildman–Crippen MR) is 118 cm³/mol. The number of rotatable bonds is 8. The maximum atomic E-state index is 12.4. The Kier molecular flexibility index (Phi) is 6.61. The average Bonchev–Trinajstić information content (AvgIpc) is 3.46. The summed E-state index contributed by atoms with van der Waals surface area (Å²) in [5.74, 6) is 1.68. The lowest BCUT2D eigenvalue weighted by Crippen LogP contribution is -2.35. The number of benzene rings is 1. The standard InChI is InChI=1S/C22H24N4O4S/c1-29-17-11-10-15(14-16(17)26-12-3-2-9-21(26)28)23-19(27)7-4-8-20-24-22(25-30-20)18-6-5-13-31-18/h5-6,10-11,13-14H,2-4,7-9,12H2,1H3,(H,23,27). The molecule has 0 atom stereocenters. The molecule has 0 aliphatic carbocycles. The van der Waals surface area contributed by atoms with E-state index in [2.05, 4.69) is 15.5 Å². The fraction of sp³-hybridized carbons (Fsp3) is 0.364. The van der Waals surface area contributed by atoms with Crippen LogP contribution in [0.4, 0.5) is 11.4 Å². The van der Waals surface area contributed by atoms with E-state index in [1.165, 1.54) is 0 Å². The van der Waals surface area contributed by atoms with Crippen LogP contribution in [0.5, 0.6) is 5.75 Å². The molecule has 9 heteroatoms. The van der Waals surface area contributed by atoms with Crippen LogP contribution in [0.2, 0.25) is 0 Å². The molecule has 3 heterocycles. The lowest BCUT2D eigenvalue weighted by molar-refractivity contribution is -0.119. The summed E-state index contributed by atoms with van der Waals surface area (Å²) in [5, 5.41) is 8.84. The Morgan fingerprint density at radius 2 is 2.23 bits per heavy atom. The van der Waals surface area contributed by atoms with Crippen LogP contribution in [0.1, 0.15) is 38.0 Å². The summed E-state index contributed by atoms with van der Waals surface area (Å²) in [6, 6.07) is 9.22. The zero-order valence-corrected chi connectivity index (χ0v) is 18.1. The number of hydrogen-bond donors (Lipinski definition) is 1. The highest BCUT2D eigenvalue weighted by Gasteiger charge is 2.23. The molecule has 1 saturated heterocycles. The van der Waals surface area contributed by atoms with Gasteiger partial charge in [-0.3, -0.25) is 9.59 Å². The Labute approximate surface area is 184 Å². The highest BCUT2D eigenvalue weighted by molar-refractivity contribution is 7.13. The number of ether oxygens (including phenoxy) is 1. The van der Waals surface area contributed by atoms with E-state index >= 15 is 0 Å². The largest absolute Gasteiger partial charge is 0.495 e. The van der Waals surface area contributed by atoms with Crippen LogP contribution in [-0.4, -0.2) is 35.6 Å². The molecule has 1 N–H and O–H groups in total. The van der Waals surface area contributed by atoms with Crippen LogP contribution in [0.15, 0.2) is 40.2 Å². The molecule has 1 fully saturated rings. The van der Waals surface area contributed by atoms with E-state index in [0.717, 1.165) is 17.7 Å². The average molecular weight is 441 g/mol. The molecule has 2 amide bonds. The van der Waals surface area contributed by atoms with Gasteiger partial charge in [0.1, 0.15) is 5.75 Å². The van der Waals surface area contributed by atoms with Crippen molar-refractivity contribution in [2.75, 3.05) is 23.9 Å². The zero-order chi connectivity index (χ0) is 21.6. The van der Waals surface area contributed by atoms with Crippen LogP contribution in [0, 0.1) is 0 Å². The van der Waals surface area contributed by atoms with Gasteiger partial charge in [0, 0.05) is 31.5 Å². The number of anilines is 2. The molecule has 2 aromatic heterocycles. The van der Waals surface area contributed by atoms with Crippen molar-refractivity contribution in [1.82, 2.24) is 10.1 Å². The lowest BCUT2D eigenvalue weighted by atomic mass is 10.1. The summed E-state index contributed by atoms with van der Waals surface area (Å²) in [6.07, 6.45) is 3.83. The number of carbonyl (C=O) groups excluding carboxylic acids is 2. The molecule has 0 unspecified atom stereocenters. The predicted octanol–water partition coefficient (Wildman–Crippen LogP) is 4.29. The molecule has 1 aromatic carbocycles. The molecule has 162 valence electrons. The number of hydrogen-bond acceptors (Lipinski definition) is 7. The molecule has 3 aromatic rings. The second-order valence-corrected chi connectivity index (χ2v) is 8.23. The van der Waals surface area contributed by atoms with Gasteiger partial charge >= 0.3 is 0 Å². The minimum absolute atomic E-state index is 0.0782. The van der Waals surface area contributed by atoms with Crippen LogP contribution < -0.4 is 15.0 Å². The molecule has 1 aliphatic heterocycles. The summed E-state index contributed by atoms with van der Waals surface area (Å²) >= 11 is 1.55. The number of thiophene rings is 1. The van der Waals surface area contributed by atoms with Crippen molar-refractivity contribution in [2.24, 2.45) is 0 Å². The van der Waals surface area contributed by atoms with Gasteiger partial charge in [-0.2, -0.15) is 4.98 Å². The summed E-state index contributed by atoms with van der Waals surface area (Å²) in [4.78, 5) is 31.8. The number of carbonyl (C=O) groups is 2. The number of aryl methyl sites for hydroxylation is 1. The number of amides is 2. The van der Waals surface area contributed by atoms with Gasteiger partial charge in [0.25, 0.3) is 0 Å². The van der Waals surface area contributed by atoms with Gasteiger partial charge < -0.3 is 19.5 Å². The minimum atomic E-state index is -0.112. The number of piperidine rings is 1. The normalized spacial score (nSPS) is 14.0. The third-order valence-electron chi connectivity index (χ3n) is 5.08. The van der Waals surface area contributed by atoms with Crippen LogP contribution >= 0.6 is 11.3 Å². The first-order chi connectivity index (χ1) is 15.1. The summed E-state index contributed by atoms with van der Waals surface area (Å²) in [6.45, 7) is 0.657. The fourth-order valence-corrected chi connectivity index (χ4v) is 4.17. The smallest absolute Gasteiger partial charge is 0.227 e. The Morgan fingerprint density at radius 3 is 3.00 bits per heavy atom. The van der Waals surface area contributed by atoms with E-state index in [1.54, 1.807) is 41.5 Å². The van der Waals surface area contributed by atoms with Crippen molar-refractivity contribution < 1.29 is 18.8 Å². The van der Waals surface area contributed by atoms with Gasteiger partial charge in [-0.1, -0.05) is 11.2 Å². The number of nitrogens with one attached hydrogen (secondary N) is 1. The van der Waals surface area contributed by atoms with Gasteiger partial charge in [0.2, 0.25) is 23.5 Å². The zero-order valence-electron chi connectivity index (χ0n) is 17.3. The van der Waals surface area contributed by atoms with Crippen molar-refractivity contribution in [3.63, 3.8) is 0 Å². The highest BCUT2D eigenvalue weighted by atomic mass is 32.1. The molecule has 0 radical (unpaired) electrons. The van der Waals surface area contributed by atoms with Gasteiger partial charge in [-0.25, -0.2) is 0 Å². The molecule has 0 saturated carbocycles. The SMILES string of the molecule is COc1ccc(NC(=O)CCCc2nc(-c3cccs3)no2)cc1N1CCCCC1=O. The van der Waals surface area contributed by atoms with Crippen molar-refractivity contribution in [2.45, 2.75) is 38.5 Å². The first kappa shape index (κ1) is 21.0. The second kappa shape index (κ2) is 9.74. The first-order valence-corrected chi connectivity index (χ1v) is 11.2. The molecular formula is C22H24N4O4S. The highest BCUT2D eigenvalue weighted by Crippen LogP contribution is 2.33. The number of aromatic nitrogens is 2. The second-order valence-electron chi connectivity index (χ2n) is 7.28. The Bertz CT molecular complexity index is 1050. The van der Waals surface area contributed by atoms with E-state index < -0.39 is 0 Å². The van der Waals surface area contributed by atoms with Crippen molar-refractivity contribution in [1.29, 1.82) is 0 Å². The van der Waals surface area contributed by atoms with E-state index in [4.69, 9.17) is 9.26 Å². The third kappa shape index (κ3) is 5.11. The maximum Gasteiger partial charge on any atom is 0.227 e. The fourth-order valence-electron chi connectivity index (χ4n) is 3.53. The van der Waals surface area contributed by atoms with Crippen molar-refractivity contribution >= 4 is 34.5 Å². The van der Waals surface area contributed by atoms with Gasteiger partial charge in [-0.15, -0.1) is 11.3 Å². The number of methoxy groups -OCH3 is 1. The quantitative estimate of drug-likeness (QED) is 0.561. The van der Waals surface area contributed by atoms with E-state index in [1.807, 2.05) is 17.5 Å². The van der Waals surface area contributed by atoms with E-state index in [-0.39, 0.29) is 11.8 Å². The monoisotopic (exact) mass is 440 g/mol. The van der Waals surface area contributed by atoms with Crippen molar-refractivity contribution in [3.05, 3.63) is 41.6 Å². The topological polar surface area (TPSA) is 97.6 Å². The van der Waals surface area contributed by atoms with Gasteiger partial charge in [0.15, 0.2) is 0 Å². The molecule has 0 spiro atoms. The van der Waals surface area contributed by atoms with Gasteiger partial charge in [-0.05, 0) is 48.9 Å². The van der Waals surface area contributed by atoms with Crippen LogP contribution in [0.3, 0.4) is 0 Å². The van der Waals surface area contributed by atoms with E-state index in [9.17, 15) is 9.59 Å². The molecule has 8 nitrogen and oxygen atoms in total. The molecular weight excluding hydrogens is 416 g/mol. The molecule has 31 heavy (non-hydrogen) atoms. The summed E-state index contributed by atoms with van der Waals surface area (Å²) in [7, 11) is 1.58. The molecule has 1 aliphatic rings. The Hall–Kier alpha value is -3.20. The maximum absolute atomic E-state index is 12.4. The first-order valence-electron chi connectivity index (χ1n) is 10.3. The Morgan fingerprint density at radius 1 is 1.32 bits per heavy atom. The minimum Gasteiger partial charge on any atom is -0.495 e. The van der Waals surface area contributed by atoms with Crippen LogP contribution in [0.25, 0.3) is 10.7 Å². The third-order valence-corrected chi connectivity index (χ3v) is 5.95. The summed E-state index contributed by atoms with van der Waals surface area (Å²) in [5.41, 5.74) is 1.33. The van der Waals surface area contributed by atoms with Crippen molar-refractivity contribution in [3.8, 4) is 16.5 Å². The van der Waals surface area contributed by atoms with Gasteiger partial charge in [0.05, 0.1) is 17.7 Å². The molecule has 0 bridgehead atoms. The number of nitrogens with zero attached hydrogens (tertiary/aromatic N) is 3. The van der Waals surface area contributed by atoms with E-state index in [0.29, 0.717) is 61.1 Å². The summed E-state index contributed by atoms with van der Waals surface area (Å²) < 4.78 is 10.7.